The molecule has 0 aliphatic heterocycles. The van der Waals surface area contributed by atoms with E-state index < -0.39 is 22.5 Å². The Hall–Kier alpha value is -3.04. The second kappa shape index (κ2) is 10.5. The van der Waals surface area contributed by atoms with Gasteiger partial charge in [-0.15, -0.1) is 4.83 Å². The molecule has 1 amide bonds. The van der Waals surface area contributed by atoms with Crippen LogP contribution in [0.4, 0.5) is 0 Å². The maximum Gasteiger partial charge on any atom is 0.272 e. The highest BCUT2D eigenvalue weighted by Gasteiger charge is 2.16. The Balaban J connectivity index is 1.92. The summed E-state index contributed by atoms with van der Waals surface area (Å²) in [4.78, 5) is 14.0. The molecule has 2 aromatic carbocycles. The second-order valence-corrected chi connectivity index (χ2v) is 7.44. The molecule has 0 saturated carbocycles. The molecule has 0 saturated heterocycles. The highest BCUT2D eigenvalue weighted by atomic mass is 32.2. The Morgan fingerprint density at radius 3 is 2.41 bits per heavy atom. The predicted molar refractivity (Wildman–Crippen MR) is 109 cm³/mol. The molecule has 0 radical (unpaired) electrons. The van der Waals surface area contributed by atoms with Crippen molar-refractivity contribution in [3.05, 3.63) is 54.1 Å². The number of rotatable bonds is 10. The molecule has 0 aliphatic rings. The quantitative estimate of drug-likeness (QED) is 0.573. The number of carbonyl (C=O) groups excluding carboxylic acids is 1. The summed E-state index contributed by atoms with van der Waals surface area (Å²) in [6.07, 6.45) is 3.79. The summed E-state index contributed by atoms with van der Waals surface area (Å²) in [5.74, 6) is 0.714. The molecule has 29 heavy (non-hydrogen) atoms. The van der Waals surface area contributed by atoms with Gasteiger partial charge in [0.2, 0.25) is 0 Å². The van der Waals surface area contributed by atoms with E-state index in [9.17, 15) is 13.2 Å². The molecule has 0 aromatic heterocycles. The summed E-state index contributed by atoms with van der Waals surface area (Å²) >= 11 is 0. The number of carbonyl (C=O) groups is 1. The predicted octanol–water partition coefficient (Wildman–Crippen LogP) is 2.52. The van der Waals surface area contributed by atoms with Gasteiger partial charge in [-0.2, -0.15) is 0 Å². The van der Waals surface area contributed by atoms with Crippen LogP contribution in [-0.2, 0) is 14.8 Å². The van der Waals surface area contributed by atoms with Gasteiger partial charge in [-0.05, 0) is 55.8 Å². The zero-order valence-corrected chi connectivity index (χ0v) is 17.3. The van der Waals surface area contributed by atoms with Crippen molar-refractivity contribution in [2.24, 2.45) is 0 Å². The van der Waals surface area contributed by atoms with Crippen molar-refractivity contribution in [1.29, 1.82) is 0 Å². The van der Waals surface area contributed by atoms with Crippen LogP contribution in [-0.4, -0.2) is 34.6 Å². The van der Waals surface area contributed by atoms with Crippen LogP contribution in [0.25, 0.3) is 6.08 Å². The molecular formula is C20H24N2O6S. The largest absolute Gasteiger partial charge is 0.494 e. The van der Waals surface area contributed by atoms with Gasteiger partial charge in [-0.25, -0.2) is 8.42 Å². The minimum absolute atomic E-state index is 0.0107. The zero-order chi connectivity index (χ0) is 21.3. The van der Waals surface area contributed by atoms with E-state index in [1.807, 2.05) is 36.9 Å². The van der Waals surface area contributed by atoms with Gasteiger partial charge in [0, 0.05) is 0 Å². The fourth-order valence-corrected chi connectivity index (χ4v) is 3.20. The highest BCUT2D eigenvalue weighted by Crippen LogP contribution is 2.28. The number of ether oxygens (including phenoxy) is 3. The van der Waals surface area contributed by atoms with Crippen LogP contribution in [0, 0.1) is 0 Å². The number of sulfonamides is 1. The van der Waals surface area contributed by atoms with Crippen molar-refractivity contribution in [2.45, 2.75) is 18.7 Å². The third kappa shape index (κ3) is 6.51. The average molecular weight is 420 g/mol. The molecule has 156 valence electrons. The maximum absolute atomic E-state index is 12.2. The Bertz CT molecular complexity index is 955. The Morgan fingerprint density at radius 1 is 1.07 bits per heavy atom. The van der Waals surface area contributed by atoms with Gasteiger partial charge >= 0.3 is 0 Å². The Kier molecular flexibility index (Phi) is 8.05. The lowest BCUT2D eigenvalue weighted by Crippen LogP contribution is -2.43. The Morgan fingerprint density at radius 2 is 1.79 bits per heavy atom. The van der Waals surface area contributed by atoms with Crippen LogP contribution >= 0.6 is 0 Å². The molecule has 0 unspecified atom stereocenters. The van der Waals surface area contributed by atoms with E-state index in [0.717, 1.165) is 5.56 Å². The van der Waals surface area contributed by atoms with E-state index in [0.29, 0.717) is 23.9 Å². The first-order chi connectivity index (χ1) is 13.9. The van der Waals surface area contributed by atoms with Crippen LogP contribution in [0.15, 0.2) is 53.4 Å². The average Bonchev–Trinajstić information content (AvgIpc) is 2.72. The highest BCUT2D eigenvalue weighted by molar-refractivity contribution is 7.89. The summed E-state index contributed by atoms with van der Waals surface area (Å²) in [5.41, 5.74) is 3.04. The van der Waals surface area contributed by atoms with E-state index in [2.05, 4.69) is 5.43 Å². The summed E-state index contributed by atoms with van der Waals surface area (Å²) in [6.45, 7) is 3.81. The van der Waals surface area contributed by atoms with Gasteiger partial charge in [0.1, 0.15) is 5.75 Å². The van der Waals surface area contributed by atoms with Gasteiger partial charge in [-0.3, -0.25) is 10.2 Å². The first-order valence-electron chi connectivity index (χ1n) is 8.86. The topological polar surface area (TPSA) is 103 Å². The molecule has 0 heterocycles. The summed E-state index contributed by atoms with van der Waals surface area (Å²) < 4.78 is 40.4. The van der Waals surface area contributed by atoms with Crippen LogP contribution in [0.5, 0.6) is 17.2 Å². The van der Waals surface area contributed by atoms with Crippen LogP contribution in [0.3, 0.4) is 0 Å². The fourth-order valence-electron chi connectivity index (χ4n) is 2.34. The van der Waals surface area contributed by atoms with Gasteiger partial charge < -0.3 is 14.2 Å². The molecule has 2 N–H and O–H groups in total. The lowest BCUT2D eigenvalue weighted by Gasteiger charge is -2.12. The van der Waals surface area contributed by atoms with Crippen LogP contribution in [0.1, 0.15) is 19.4 Å². The second-order valence-electron chi connectivity index (χ2n) is 5.76. The number of benzene rings is 2. The number of methoxy groups -OCH3 is 1. The molecule has 0 fully saturated rings. The van der Waals surface area contributed by atoms with Gasteiger partial charge in [0.25, 0.3) is 15.9 Å². The van der Waals surface area contributed by atoms with Gasteiger partial charge in [0.15, 0.2) is 18.1 Å². The standard InChI is InChI=1S/C20H24N2O6S/c1-4-6-15-7-12-18(19(13-15)26-3)28-14-20(23)21-22-29(24,25)17-10-8-16(9-11-17)27-5-2/h4,6-13,22H,5,14H2,1-3H3,(H,21,23)/b6-4+. The number of nitrogens with one attached hydrogen (secondary N) is 2. The maximum atomic E-state index is 12.2. The minimum Gasteiger partial charge on any atom is -0.494 e. The van der Waals surface area contributed by atoms with Crippen molar-refractivity contribution in [3.8, 4) is 17.2 Å². The molecule has 0 bridgehead atoms. The first-order valence-corrected chi connectivity index (χ1v) is 10.3. The minimum atomic E-state index is -3.92. The molecule has 2 rings (SSSR count). The first kappa shape index (κ1) is 22.3. The third-order valence-corrected chi connectivity index (χ3v) is 4.94. The molecule has 2 aromatic rings. The van der Waals surface area contributed by atoms with Crippen LogP contribution < -0.4 is 24.5 Å². The molecule has 0 aliphatic carbocycles. The molecule has 0 spiro atoms. The zero-order valence-electron chi connectivity index (χ0n) is 16.5. The molecule has 9 heteroatoms. The third-order valence-electron chi connectivity index (χ3n) is 3.68. The van der Waals surface area contributed by atoms with Gasteiger partial charge in [-0.1, -0.05) is 18.2 Å². The number of hydrogen-bond donors (Lipinski definition) is 2. The van der Waals surface area contributed by atoms with Crippen LogP contribution in [0.2, 0.25) is 0 Å². The molecule has 0 atom stereocenters. The summed E-state index contributed by atoms with van der Waals surface area (Å²) in [7, 11) is -2.43. The van der Waals surface area contributed by atoms with Crippen molar-refractivity contribution >= 4 is 22.0 Å². The van der Waals surface area contributed by atoms with Crippen molar-refractivity contribution in [2.75, 3.05) is 20.3 Å². The number of allylic oxidation sites excluding steroid dienone is 1. The van der Waals surface area contributed by atoms with Gasteiger partial charge in [0.05, 0.1) is 18.6 Å². The van der Waals surface area contributed by atoms with Crippen molar-refractivity contribution in [1.82, 2.24) is 10.3 Å². The Labute approximate surface area is 170 Å². The smallest absolute Gasteiger partial charge is 0.272 e. The lowest BCUT2D eigenvalue weighted by atomic mass is 10.2. The number of hydrazine groups is 1. The van der Waals surface area contributed by atoms with E-state index in [1.165, 1.54) is 31.4 Å². The van der Waals surface area contributed by atoms with Crippen molar-refractivity contribution in [3.63, 3.8) is 0 Å². The molecule has 8 nitrogen and oxygen atoms in total. The lowest BCUT2D eigenvalue weighted by molar-refractivity contribution is -0.123. The summed E-state index contributed by atoms with van der Waals surface area (Å²) in [6, 6.07) is 11.1. The van der Waals surface area contributed by atoms with E-state index >= 15 is 0 Å². The monoisotopic (exact) mass is 420 g/mol. The number of hydrogen-bond acceptors (Lipinski definition) is 6. The molecular weight excluding hydrogens is 396 g/mol. The van der Waals surface area contributed by atoms with Crippen molar-refractivity contribution < 1.29 is 27.4 Å². The summed E-state index contributed by atoms with van der Waals surface area (Å²) in [5, 5.41) is 0. The van der Waals surface area contributed by atoms with E-state index in [4.69, 9.17) is 14.2 Å². The van der Waals surface area contributed by atoms with E-state index in [-0.39, 0.29) is 4.90 Å². The number of amides is 1. The normalized spacial score (nSPS) is 11.3. The van der Waals surface area contributed by atoms with E-state index in [1.54, 1.807) is 12.1 Å². The SMILES string of the molecule is C/C=C/c1ccc(OCC(=O)NNS(=O)(=O)c2ccc(OCC)cc2)c(OC)c1. The fraction of sp³-hybridized carbons (Fsp3) is 0.250.